The summed E-state index contributed by atoms with van der Waals surface area (Å²) in [4.78, 5) is 4.49. The fourth-order valence-corrected chi connectivity index (χ4v) is 5.15. The van der Waals surface area contributed by atoms with E-state index in [0.717, 1.165) is 24.0 Å². The predicted molar refractivity (Wildman–Crippen MR) is 137 cm³/mol. The minimum atomic E-state index is -4.33. The van der Waals surface area contributed by atoms with Gasteiger partial charge in [-0.15, -0.1) is 4.68 Å². The number of nitrogen functional groups attached to an aromatic ring is 2. The highest BCUT2D eigenvalue weighted by atomic mass is 32.2. The molecule has 0 amide bonds. The third-order valence-electron chi connectivity index (χ3n) is 6.12. The Kier molecular flexibility index (Phi) is 7.47. The number of benzene rings is 2. The fourth-order valence-electron chi connectivity index (χ4n) is 4.24. The van der Waals surface area contributed by atoms with Crippen LogP contribution in [-0.4, -0.2) is 27.7 Å². The maximum atomic E-state index is 12.7. The van der Waals surface area contributed by atoms with Crippen molar-refractivity contribution in [3.63, 3.8) is 0 Å². The van der Waals surface area contributed by atoms with Gasteiger partial charge in [0, 0.05) is 22.9 Å². The molecule has 1 saturated carbocycles. The van der Waals surface area contributed by atoms with Crippen molar-refractivity contribution < 1.29 is 26.4 Å². The van der Waals surface area contributed by atoms with E-state index in [4.69, 9.17) is 11.6 Å². The zero-order valence-electron chi connectivity index (χ0n) is 21.1. The summed E-state index contributed by atoms with van der Waals surface area (Å²) < 4.78 is 61.1. The summed E-state index contributed by atoms with van der Waals surface area (Å²) in [6.07, 6.45) is 4.92. The first-order valence-corrected chi connectivity index (χ1v) is 13.2. The van der Waals surface area contributed by atoms with Crippen molar-refractivity contribution in [2.24, 2.45) is 0 Å². The smallest absolute Gasteiger partial charge is 0.322 e. The highest BCUT2D eigenvalue weighted by molar-refractivity contribution is 7.85. The lowest BCUT2D eigenvalue weighted by molar-refractivity contribution is -0.623. The van der Waals surface area contributed by atoms with Crippen molar-refractivity contribution >= 4 is 15.9 Å². The first-order chi connectivity index (χ1) is 17.8. The average Bonchev–Trinajstić information content (AvgIpc) is 3.56. The third-order valence-corrected chi connectivity index (χ3v) is 7.27. The zero-order chi connectivity index (χ0) is 27.8. The van der Waals surface area contributed by atoms with Gasteiger partial charge in [-0.1, -0.05) is 42.0 Å². The summed E-state index contributed by atoms with van der Waals surface area (Å²) in [7, 11) is -4.33. The molecule has 2 aromatic carbocycles. The molecule has 0 unspecified atom stereocenters. The molecule has 4 N–H and O–H groups in total. The normalized spacial score (nSPS) is 13.3. The van der Waals surface area contributed by atoms with Gasteiger partial charge in [-0.2, -0.15) is 5.10 Å². The van der Waals surface area contributed by atoms with Crippen LogP contribution in [0.4, 0.5) is 14.6 Å². The van der Waals surface area contributed by atoms with E-state index < -0.39 is 16.5 Å². The molecule has 0 aliphatic heterocycles. The molecule has 9 nitrogen and oxygen atoms in total. The summed E-state index contributed by atoms with van der Waals surface area (Å²) in [5.74, 6) is 6.27. The first-order valence-electron chi connectivity index (χ1n) is 11.8. The van der Waals surface area contributed by atoms with Gasteiger partial charge in [-0.3, -0.25) is 16.3 Å². The number of aryl methyl sites for hydroxylation is 3. The molecular weight excluding hydrogens is 514 g/mol. The minimum Gasteiger partial charge on any atom is -0.744 e. The topological polar surface area (TPSA) is 144 Å². The highest BCUT2D eigenvalue weighted by Gasteiger charge is 2.26. The summed E-state index contributed by atoms with van der Waals surface area (Å²) in [5.41, 5.74) is 10.6. The Morgan fingerprint density at radius 2 is 1.68 bits per heavy atom. The Balaban J connectivity index is 0.000000219. The van der Waals surface area contributed by atoms with Crippen molar-refractivity contribution in [3.8, 4) is 22.5 Å². The Bertz CT molecular complexity index is 1560. The van der Waals surface area contributed by atoms with Crippen LogP contribution >= 0.6 is 0 Å². The number of alkyl halides is 2. The van der Waals surface area contributed by atoms with Crippen molar-refractivity contribution in [2.45, 2.75) is 51.0 Å². The number of hydrogen-bond acceptors (Lipinski definition) is 7. The van der Waals surface area contributed by atoms with Crippen LogP contribution in [0.3, 0.4) is 0 Å². The van der Waals surface area contributed by atoms with Crippen LogP contribution in [0.1, 0.15) is 47.6 Å². The number of nitrogens with zero attached hydrogens (tertiary/aromatic N) is 4. The molecule has 1 aliphatic carbocycles. The van der Waals surface area contributed by atoms with Crippen LogP contribution in [0, 0.1) is 20.8 Å². The van der Waals surface area contributed by atoms with E-state index in [2.05, 4.69) is 10.1 Å². The molecular formula is C26H28F2N6O3S. The van der Waals surface area contributed by atoms with Gasteiger partial charge >= 0.3 is 5.82 Å². The van der Waals surface area contributed by atoms with E-state index in [1.54, 1.807) is 50.5 Å². The number of halogens is 2. The molecule has 38 heavy (non-hydrogen) atoms. The number of nitrogens with two attached hydrogens (primary N) is 2. The van der Waals surface area contributed by atoms with Gasteiger partial charge in [0.1, 0.15) is 22.0 Å². The van der Waals surface area contributed by atoms with E-state index in [0.29, 0.717) is 39.9 Å². The Hall–Kier alpha value is -3.90. The van der Waals surface area contributed by atoms with Crippen LogP contribution in [0.25, 0.3) is 22.5 Å². The molecule has 1 fully saturated rings. The van der Waals surface area contributed by atoms with E-state index in [9.17, 15) is 21.8 Å². The Morgan fingerprint density at radius 3 is 2.21 bits per heavy atom. The van der Waals surface area contributed by atoms with Gasteiger partial charge in [-0.25, -0.2) is 22.2 Å². The van der Waals surface area contributed by atoms with Crippen LogP contribution < -0.4 is 16.3 Å². The van der Waals surface area contributed by atoms with Gasteiger partial charge in [0.15, 0.2) is 5.69 Å². The van der Waals surface area contributed by atoms with Gasteiger partial charge in [0.25, 0.3) is 6.43 Å². The van der Waals surface area contributed by atoms with E-state index in [1.807, 2.05) is 17.8 Å². The fraction of sp³-hybridized carbons (Fsp3) is 0.269. The second-order valence-electron chi connectivity index (χ2n) is 9.31. The van der Waals surface area contributed by atoms with Gasteiger partial charge < -0.3 is 4.55 Å². The van der Waals surface area contributed by atoms with Gasteiger partial charge in [0.2, 0.25) is 0 Å². The Labute approximate surface area is 219 Å². The van der Waals surface area contributed by atoms with Crippen molar-refractivity contribution in [1.29, 1.82) is 0 Å². The monoisotopic (exact) mass is 542 g/mol. The second kappa shape index (κ2) is 10.5. The lowest BCUT2D eigenvalue weighted by Crippen LogP contribution is -2.47. The lowest BCUT2D eigenvalue weighted by atomic mass is 10.1. The summed E-state index contributed by atoms with van der Waals surface area (Å²) >= 11 is 0. The molecule has 5 rings (SSSR count). The van der Waals surface area contributed by atoms with Crippen LogP contribution in [0.15, 0.2) is 59.9 Å². The quantitative estimate of drug-likeness (QED) is 0.220. The molecule has 0 radical (unpaired) electrons. The van der Waals surface area contributed by atoms with Crippen molar-refractivity contribution in [2.75, 3.05) is 11.6 Å². The molecule has 4 aromatic rings. The maximum Gasteiger partial charge on any atom is 0.322 e. The summed E-state index contributed by atoms with van der Waals surface area (Å²) in [6.45, 7) is 5.12. The molecule has 0 saturated heterocycles. The molecule has 12 heteroatoms. The Morgan fingerprint density at radius 1 is 1.08 bits per heavy atom. The predicted octanol–water partition coefficient (Wildman–Crippen LogP) is 3.98. The zero-order valence-corrected chi connectivity index (χ0v) is 21.9. The molecule has 2 heterocycles. The minimum absolute atomic E-state index is 0.0363. The molecule has 1 aliphatic rings. The van der Waals surface area contributed by atoms with Gasteiger partial charge in [-0.05, 0) is 44.7 Å². The average molecular weight is 543 g/mol. The molecule has 2 aromatic heterocycles. The van der Waals surface area contributed by atoms with Crippen LogP contribution in [-0.2, 0) is 10.1 Å². The first kappa shape index (κ1) is 27.1. The van der Waals surface area contributed by atoms with E-state index in [-0.39, 0.29) is 10.5 Å². The standard InChI is InChI=1S/C17H16F2N6.C9H12O3S/c18-16(19)11-3-1-10(2-4-11)14-9-24(21)17(20)15(23-14)12-7-22-25(8-12)13-5-6-13;1-6-4-7(2)9(8(3)5-6)13(10,11)12/h1-4,7-9,13,16,20H,5-6,21H2;4-5H,1-3H3,(H,10,11,12). The number of rotatable bonds is 5. The van der Waals surface area contributed by atoms with Gasteiger partial charge in [0.05, 0.1) is 17.1 Å². The summed E-state index contributed by atoms with van der Waals surface area (Å²) in [5, 5.41) is 4.35. The number of aromatic nitrogens is 4. The van der Waals surface area contributed by atoms with Crippen molar-refractivity contribution in [3.05, 3.63) is 77.2 Å². The van der Waals surface area contributed by atoms with Crippen molar-refractivity contribution in [1.82, 2.24) is 14.8 Å². The molecule has 0 bridgehead atoms. The largest absolute Gasteiger partial charge is 0.744 e. The SMILES string of the molecule is Cc1cc(C)c(S(=O)(=O)[O-])c(C)c1.Nc1c(-c2cnn(C3CC3)c2)nc(-c2ccc(C(F)F)cc2)c[n+]1N. The second-order valence-corrected chi connectivity index (χ2v) is 10.6. The van der Waals surface area contributed by atoms with E-state index >= 15 is 0 Å². The molecule has 0 atom stereocenters. The number of hydrogen-bond donors (Lipinski definition) is 2. The number of anilines is 1. The lowest BCUT2D eigenvalue weighted by Gasteiger charge is -2.14. The highest BCUT2D eigenvalue weighted by Crippen LogP contribution is 2.35. The maximum absolute atomic E-state index is 12.7. The third kappa shape index (κ3) is 5.97. The molecule has 200 valence electrons. The van der Waals surface area contributed by atoms with Crippen LogP contribution in [0.5, 0.6) is 0 Å². The molecule has 0 spiro atoms. The van der Waals surface area contributed by atoms with E-state index in [1.165, 1.54) is 16.8 Å². The summed E-state index contributed by atoms with van der Waals surface area (Å²) in [6, 6.07) is 9.78. The van der Waals surface area contributed by atoms with Crippen LogP contribution in [0.2, 0.25) is 0 Å².